The van der Waals surface area contributed by atoms with E-state index in [-0.39, 0.29) is 31.3 Å². The average Bonchev–Trinajstić information content (AvgIpc) is 3.10. The average molecular weight is 464 g/mol. The van der Waals surface area contributed by atoms with E-state index in [2.05, 4.69) is 10.3 Å². The first-order chi connectivity index (χ1) is 15.8. The van der Waals surface area contributed by atoms with Crippen molar-refractivity contribution in [3.8, 4) is 5.75 Å². The molecule has 0 saturated carbocycles. The lowest BCUT2D eigenvalue weighted by Gasteiger charge is -2.42. The van der Waals surface area contributed by atoms with Crippen LogP contribution in [0.5, 0.6) is 5.75 Å². The molecule has 4 nitrogen and oxygen atoms in total. The molecule has 3 heterocycles. The number of halogens is 4. The first-order valence-corrected chi connectivity index (χ1v) is 11.4. The summed E-state index contributed by atoms with van der Waals surface area (Å²) >= 11 is 0. The van der Waals surface area contributed by atoms with Crippen LogP contribution in [0, 0.1) is 11.6 Å². The lowest BCUT2D eigenvalue weighted by molar-refractivity contribution is -0.0551. The Kier molecular flexibility index (Phi) is 5.61. The van der Waals surface area contributed by atoms with Crippen molar-refractivity contribution in [3.05, 3.63) is 64.9 Å². The van der Waals surface area contributed by atoms with Gasteiger partial charge in [-0.1, -0.05) is 25.1 Å². The lowest BCUT2D eigenvalue weighted by Crippen LogP contribution is -2.50. The Hall–Kier alpha value is -2.58. The van der Waals surface area contributed by atoms with Crippen LogP contribution in [0.15, 0.2) is 36.4 Å². The third-order valence-electron chi connectivity index (χ3n) is 6.82. The molecule has 0 radical (unpaired) electrons. The summed E-state index contributed by atoms with van der Waals surface area (Å²) < 4.78 is 65.7. The number of hydrogen-bond donors (Lipinski definition) is 2. The topological polar surface area (TPSA) is 40.3 Å². The molecule has 2 atom stereocenters. The Balaban J connectivity index is 0.00000274. The molecular weight excluding hydrogens is 434 g/mol. The van der Waals surface area contributed by atoms with E-state index in [9.17, 15) is 8.78 Å². The molecule has 178 valence electrons. The zero-order valence-corrected chi connectivity index (χ0v) is 18.6. The summed E-state index contributed by atoms with van der Waals surface area (Å²) in [5.41, 5.74) is 2.07. The molecule has 2 N–H and O–H groups in total. The molecule has 0 unspecified atom stereocenters. The Morgan fingerprint density at radius 1 is 1.15 bits per heavy atom. The predicted octanol–water partition coefficient (Wildman–Crippen LogP) is 5.42. The van der Waals surface area contributed by atoms with Gasteiger partial charge < -0.3 is 15.0 Å². The van der Waals surface area contributed by atoms with E-state index in [4.69, 9.17) is 4.74 Å². The van der Waals surface area contributed by atoms with E-state index < -0.39 is 30.1 Å². The molecule has 0 aliphatic carbocycles. The second-order valence-electron chi connectivity index (χ2n) is 9.10. The van der Waals surface area contributed by atoms with Crippen LogP contribution in [-0.2, 0) is 6.42 Å². The minimum Gasteiger partial charge on any atom is -0.488 e. The van der Waals surface area contributed by atoms with Gasteiger partial charge >= 0.3 is 0 Å². The van der Waals surface area contributed by atoms with E-state index in [1.54, 1.807) is 0 Å². The van der Waals surface area contributed by atoms with Gasteiger partial charge in [0.25, 0.3) is 5.92 Å². The highest BCUT2D eigenvalue weighted by molar-refractivity contribution is 5.85. The summed E-state index contributed by atoms with van der Waals surface area (Å²) in [5, 5.41) is 3.99. The van der Waals surface area contributed by atoms with Crippen LogP contribution in [-0.4, -0.2) is 47.6 Å². The van der Waals surface area contributed by atoms with Gasteiger partial charge in [0.15, 0.2) is 0 Å². The minimum absolute atomic E-state index is 0. The smallest absolute Gasteiger partial charge is 0.260 e. The number of para-hydroxylation sites is 1. The number of alkyl halides is 2. The lowest BCUT2D eigenvalue weighted by atomic mass is 9.87. The molecule has 2 aliphatic rings. The Morgan fingerprint density at radius 2 is 1.85 bits per heavy atom. The van der Waals surface area contributed by atoms with Crippen molar-refractivity contribution in [2.24, 2.45) is 0 Å². The predicted molar refractivity (Wildman–Crippen MR) is 121 cm³/mol. The summed E-state index contributed by atoms with van der Waals surface area (Å²) in [6.45, 7) is 3.89. The van der Waals surface area contributed by atoms with Crippen molar-refractivity contribution in [2.75, 3.05) is 19.6 Å². The van der Waals surface area contributed by atoms with Crippen LogP contribution >= 0.6 is 0 Å². The van der Waals surface area contributed by atoms with Crippen LogP contribution in [0.1, 0.15) is 44.6 Å². The fourth-order valence-corrected chi connectivity index (χ4v) is 4.87. The van der Waals surface area contributed by atoms with Crippen molar-refractivity contribution < 1.29 is 23.7 Å². The van der Waals surface area contributed by atoms with Crippen molar-refractivity contribution in [2.45, 2.75) is 50.8 Å². The zero-order valence-electron chi connectivity index (χ0n) is 18.6. The Labute approximate surface area is 191 Å². The van der Waals surface area contributed by atoms with Crippen LogP contribution in [0.25, 0.3) is 10.9 Å². The number of aromatic nitrogens is 1. The highest BCUT2D eigenvalue weighted by atomic mass is 19.3. The molecule has 3 aromatic rings. The monoisotopic (exact) mass is 463 g/mol. The highest BCUT2D eigenvalue weighted by Gasteiger charge is 2.43. The van der Waals surface area contributed by atoms with Crippen molar-refractivity contribution in [1.82, 2.24) is 15.2 Å². The molecule has 2 aromatic carbocycles. The van der Waals surface area contributed by atoms with Crippen molar-refractivity contribution in [1.29, 1.82) is 0 Å². The van der Waals surface area contributed by atoms with Crippen LogP contribution in [0.2, 0.25) is 0 Å². The number of aromatic amines is 1. The second-order valence-corrected chi connectivity index (χ2v) is 9.10. The van der Waals surface area contributed by atoms with Gasteiger partial charge in [0.05, 0.1) is 12.6 Å². The van der Waals surface area contributed by atoms with E-state index in [0.29, 0.717) is 25.2 Å². The van der Waals surface area contributed by atoms with Crippen molar-refractivity contribution >= 4 is 10.9 Å². The maximum atomic E-state index is 15.5. The fraction of sp³-hybridized carbons (Fsp3) is 0.440. The summed E-state index contributed by atoms with van der Waals surface area (Å²) in [5.74, 6) is -4.48. The van der Waals surface area contributed by atoms with Crippen molar-refractivity contribution in [3.63, 3.8) is 0 Å². The van der Waals surface area contributed by atoms with Gasteiger partial charge in [-0.15, -0.1) is 0 Å². The SMILES string of the molecule is CCC(F)(F)CN1[C@H](c2c(F)cc(OC3CNC3)cc2F)c2[nH]c3ccccc3c2C[C@H]1C.[HH]. The molecule has 33 heavy (non-hydrogen) atoms. The van der Waals surface area contributed by atoms with E-state index in [0.717, 1.165) is 28.6 Å². The maximum absolute atomic E-state index is 15.5. The molecule has 2 aliphatic heterocycles. The molecule has 1 aromatic heterocycles. The first kappa shape index (κ1) is 22.2. The van der Waals surface area contributed by atoms with Gasteiger partial charge in [-0.3, -0.25) is 4.90 Å². The molecule has 1 fully saturated rings. The van der Waals surface area contributed by atoms with Gasteiger partial charge in [0, 0.05) is 61.3 Å². The Bertz CT molecular complexity index is 1160. The van der Waals surface area contributed by atoms with Gasteiger partial charge in [0.1, 0.15) is 23.5 Å². The molecule has 5 rings (SSSR count). The maximum Gasteiger partial charge on any atom is 0.260 e. The third-order valence-corrected chi connectivity index (χ3v) is 6.82. The van der Waals surface area contributed by atoms with E-state index >= 15 is 8.78 Å². The number of nitrogens with zero attached hydrogens (tertiary/aromatic N) is 1. The number of hydrogen-bond acceptors (Lipinski definition) is 3. The molecule has 0 spiro atoms. The molecule has 0 bridgehead atoms. The second kappa shape index (κ2) is 8.33. The fourth-order valence-electron chi connectivity index (χ4n) is 4.87. The largest absolute Gasteiger partial charge is 0.488 e. The van der Waals surface area contributed by atoms with Crippen LogP contribution < -0.4 is 10.1 Å². The number of benzene rings is 2. The van der Waals surface area contributed by atoms with Gasteiger partial charge in [-0.2, -0.15) is 0 Å². The molecule has 8 heteroatoms. The van der Waals surface area contributed by atoms with Gasteiger partial charge in [0.2, 0.25) is 0 Å². The third kappa shape index (κ3) is 3.99. The minimum atomic E-state index is -2.98. The summed E-state index contributed by atoms with van der Waals surface area (Å²) in [4.78, 5) is 4.81. The van der Waals surface area contributed by atoms with E-state index in [1.807, 2.05) is 31.2 Å². The molecule has 1 saturated heterocycles. The first-order valence-electron chi connectivity index (χ1n) is 11.4. The van der Waals surface area contributed by atoms with E-state index in [1.165, 1.54) is 11.8 Å². The standard InChI is InChI=1S/C25H27F4N3O.H2/c1-3-25(28,29)13-32-14(2)8-18-17-6-4-5-7-21(17)31-23(18)24(32)22-19(26)9-15(10-20(22)27)33-16-11-30-12-16;/h4-7,9-10,14,16,24,30-31H,3,8,11-13H2,1-2H3;1H/t14-,24-;/m1./s1. The molecular formula is C25H29F4N3O. The number of nitrogens with one attached hydrogen (secondary N) is 2. The van der Waals surface area contributed by atoms with Gasteiger partial charge in [-0.05, 0) is 25.0 Å². The Morgan fingerprint density at radius 3 is 2.48 bits per heavy atom. The quantitative estimate of drug-likeness (QED) is 0.480. The van der Waals surface area contributed by atoms with Gasteiger partial charge in [-0.25, -0.2) is 17.6 Å². The summed E-state index contributed by atoms with van der Waals surface area (Å²) in [6.07, 6.45) is 0.0224. The number of ether oxygens (including phenoxy) is 1. The number of rotatable bonds is 6. The summed E-state index contributed by atoms with van der Waals surface area (Å²) in [6, 6.07) is 8.58. The summed E-state index contributed by atoms with van der Waals surface area (Å²) in [7, 11) is 0. The normalized spacial score (nSPS) is 21.8. The number of fused-ring (bicyclic) bond motifs is 3. The van der Waals surface area contributed by atoms with Crippen LogP contribution in [0.4, 0.5) is 17.6 Å². The number of H-pyrrole nitrogens is 1. The zero-order chi connectivity index (χ0) is 23.3. The molecule has 0 amide bonds. The highest BCUT2D eigenvalue weighted by Crippen LogP contribution is 2.44. The van der Waals surface area contributed by atoms with Crippen LogP contribution in [0.3, 0.4) is 0 Å².